The zero-order valence-corrected chi connectivity index (χ0v) is 11.9. The number of aryl methyl sites for hydroxylation is 1. The van der Waals surface area contributed by atoms with Gasteiger partial charge in [-0.3, -0.25) is 5.43 Å². The maximum atomic E-state index is 5.66. The Bertz CT molecular complexity index is 544. The van der Waals surface area contributed by atoms with Crippen LogP contribution in [0.15, 0.2) is 6.07 Å². The topological polar surface area (TPSA) is 82.3 Å². The molecule has 2 heterocycles. The average Bonchev–Trinajstić information content (AvgIpc) is 2.78. The van der Waals surface area contributed by atoms with E-state index in [1.165, 1.54) is 0 Å². The third-order valence-electron chi connectivity index (χ3n) is 2.42. The molecular formula is C12H18N4O2S. The van der Waals surface area contributed by atoms with E-state index in [-0.39, 0.29) is 0 Å². The third kappa shape index (κ3) is 3.52. The highest BCUT2D eigenvalue weighted by Gasteiger charge is 2.11. The Morgan fingerprint density at radius 1 is 1.32 bits per heavy atom. The molecule has 0 aromatic carbocycles. The average molecular weight is 282 g/mol. The molecule has 7 heteroatoms. The van der Waals surface area contributed by atoms with E-state index in [0.29, 0.717) is 25.0 Å². The summed E-state index contributed by atoms with van der Waals surface area (Å²) < 4.78 is 11.0. The summed E-state index contributed by atoms with van der Waals surface area (Å²) in [5, 5.41) is 0.914. The van der Waals surface area contributed by atoms with E-state index in [1.807, 2.05) is 13.0 Å². The van der Waals surface area contributed by atoms with Gasteiger partial charge in [0, 0.05) is 11.5 Å². The van der Waals surface area contributed by atoms with Crippen molar-refractivity contribution in [3.63, 3.8) is 0 Å². The Balaban J connectivity index is 2.11. The molecule has 0 unspecified atom stereocenters. The number of nitrogens with two attached hydrogens (primary N) is 1. The van der Waals surface area contributed by atoms with Gasteiger partial charge >= 0.3 is 0 Å². The molecule has 0 aliphatic rings. The number of hydrazine groups is 1. The lowest BCUT2D eigenvalue weighted by molar-refractivity contribution is 0.0996. The van der Waals surface area contributed by atoms with Gasteiger partial charge in [-0.15, -0.1) is 11.3 Å². The minimum Gasteiger partial charge on any atom is -0.475 e. The summed E-state index contributed by atoms with van der Waals surface area (Å²) in [6.45, 7) is 5.85. The van der Waals surface area contributed by atoms with Crippen LogP contribution in [-0.2, 0) is 4.74 Å². The van der Waals surface area contributed by atoms with Crippen molar-refractivity contribution in [2.24, 2.45) is 5.84 Å². The number of nitrogen functional groups attached to an aromatic ring is 1. The van der Waals surface area contributed by atoms with E-state index in [9.17, 15) is 0 Å². The summed E-state index contributed by atoms with van der Waals surface area (Å²) in [6, 6.07) is 2.02. The first kappa shape index (κ1) is 14.0. The molecule has 0 saturated heterocycles. The molecule has 0 radical (unpaired) electrons. The summed E-state index contributed by atoms with van der Waals surface area (Å²) in [7, 11) is 0. The van der Waals surface area contributed by atoms with Crippen molar-refractivity contribution in [3.8, 4) is 5.88 Å². The van der Waals surface area contributed by atoms with Gasteiger partial charge < -0.3 is 9.47 Å². The molecule has 0 aliphatic heterocycles. The van der Waals surface area contributed by atoms with Gasteiger partial charge in [0.2, 0.25) is 11.8 Å². The number of aromatic nitrogens is 2. The molecule has 0 amide bonds. The molecule has 2 aromatic rings. The Kier molecular flexibility index (Phi) is 4.89. The molecule has 104 valence electrons. The quantitative estimate of drug-likeness (QED) is 0.460. The van der Waals surface area contributed by atoms with Crippen LogP contribution in [0, 0.1) is 6.92 Å². The minimum absolute atomic E-state index is 0.360. The van der Waals surface area contributed by atoms with Gasteiger partial charge in [0.05, 0.1) is 12.0 Å². The fourth-order valence-electron chi connectivity index (χ4n) is 1.63. The molecule has 3 N–H and O–H groups in total. The first-order valence-electron chi connectivity index (χ1n) is 6.20. The summed E-state index contributed by atoms with van der Waals surface area (Å²) in [5.41, 5.74) is 2.45. The van der Waals surface area contributed by atoms with E-state index in [1.54, 1.807) is 11.3 Å². The highest BCUT2D eigenvalue weighted by Crippen LogP contribution is 2.30. The van der Waals surface area contributed by atoms with Gasteiger partial charge in [0.15, 0.2) is 0 Å². The lowest BCUT2D eigenvalue weighted by Crippen LogP contribution is -2.12. The molecule has 0 fully saturated rings. The van der Waals surface area contributed by atoms with Crippen LogP contribution in [0.5, 0.6) is 5.88 Å². The number of hydrogen-bond acceptors (Lipinski definition) is 7. The number of thiophene rings is 1. The Morgan fingerprint density at radius 2 is 2.16 bits per heavy atom. The Morgan fingerprint density at radius 3 is 2.89 bits per heavy atom. The van der Waals surface area contributed by atoms with Gasteiger partial charge in [-0.1, -0.05) is 6.92 Å². The second-order valence-electron chi connectivity index (χ2n) is 4.03. The normalized spacial score (nSPS) is 10.9. The van der Waals surface area contributed by atoms with E-state index in [4.69, 9.17) is 15.3 Å². The molecule has 0 aliphatic carbocycles. The lowest BCUT2D eigenvalue weighted by atomic mass is 10.3. The number of hydrogen-bond donors (Lipinski definition) is 2. The van der Waals surface area contributed by atoms with E-state index >= 15 is 0 Å². The van der Waals surface area contributed by atoms with Crippen molar-refractivity contribution >= 4 is 27.5 Å². The van der Waals surface area contributed by atoms with Gasteiger partial charge in [-0.05, 0) is 19.4 Å². The molecule has 0 bridgehead atoms. The predicted octanol–water partition coefficient (Wildman–Crippen LogP) is 2.09. The predicted molar refractivity (Wildman–Crippen MR) is 76.6 cm³/mol. The van der Waals surface area contributed by atoms with Gasteiger partial charge in [0.1, 0.15) is 11.4 Å². The molecular weight excluding hydrogens is 264 g/mol. The van der Waals surface area contributed by atoms with Gasteiger partial charge in [0.25, 0.3) is 0 Å². The monoisotopic (exact) mass is 282 g/mol. The minimum atomic E-state index is 0.360. The van der Waals surface area contributed by atoms with E-state index in [2.05, 4.69) is 22.3 Å². The molecule has 0 saturated carbocycles. The Hall–Kier alpha value is -1.44. The van der Waals surface area contributed by atoms with Crippen LogP contribution in [0.2, 0.25) is 0 Å². The first-order valence-corrected chi connectivity index (χ1v) is 7.01. The molecule has 2 rings (SSSR count). The van der Waals surface area contributed by atoms with Crippen LogP contribution in [0.3, 0.4) is 0 Å². The fraction of sp³-hybridized carbons (Fsp3) is 0.500. The number of rotatable bonds is 7. The summed E-state index contributed by atoms with van der Waals surface area (Å²) >= 11 is 1.59. The standard InChI is InChI=1S/C12H18N4O2S/c1-3-4-17-5-6-18-10-9-7-8(2)19-11(9)15-12(14-10)16-13/h7H,3-6,13H2,1-2H3,(H,14,15,16). The summed E-state index contributed by atoms with van der Waals surface area (Å²) in [5.74, 6) is 6.26. The lowest BCUT2D eigenvalue weighted by Gasteiger charge is -2.08. The largest absolute Gasteiger partial charge is 0.475 e. The van der Waals surface area contributed by atoms with Crippen LogP contribution < -0.4 is 16.0 Å². The number of nitrogens with one attached hydrogen (secondary N) is 1. The SMILES string of the molecule is CCCOCCOc1nc(NN)nc2sc(C)cc12. The number of fused-ring (bicyclic) bond motifs is 1. The smallest absolute Gasteiger partial charge is 0.241 e. The van der Waals surface area contributed by atoms with Gasteiger partial charge in [-0.25, -0.2) is 10.8 Å². The third-order valence-corrected chi connectivity index (χ3v) is 3.37. The second-order valence-corrected chi connectivity index (χ2v) is 5.27. The van der Waals surface area contributed by atoms with Crippen molar-refractivity contribution in [3.05, 3.63) is 10.9 Å². The number of ether oxygens (including phenoxy) is 2. The maximum absolute atomic E-state index is 5.66. The van der Waals surface area contributed by atoms with Crippen molar-refractivity contribution < 1.29 is 9.47 Å². The number of anilines is 1. The Labute approximate surface area is 115 Å². The second kappa shape index (κ2) is 6.65. The van der Waals surface area contributed by atoms with Crippen LogP contribution in [-0.4, -0.2) is 29.8 Å². The fourth-order valence-corrected chi connectivity index (χ4v) is 2.50. The zero-order chi connectivity index (χ0) is 13.7. The van der Waals surface area contributed by atoms with Crippen molar-refractivity contribution in [2.45, 2.75) is 20.3 Å². The molecule has 0 spiro atoms. The van der Waals surface area contributed by atoms with Crippen molar-refractivity contribution in [1.29, 1.82) is 0 Å². The van der Waals surface area contributed by atoms with Crippen LogP contribution in [0.4, 0.5) is 5.95 Å². The van der Waals surface area contributed by atoms with Crippen molar-refractivity contribution in [1.82, 2.24) is 9.97 Å². The highest BCUT2D eigenvalue weighted by molar-refractivity contribution is 7.18. The van der Waals surface area contributed by atoms with Crippen molar-refractivity contribution in [2.75, 3.05) is 25.2 Å². The highest BCUT2D eigenvalue weighted by atomic mass is 32.1. The maximum Gasteiger partial charge on any atom is 0.241 e. The molecule has 19 heavy (non-hydrogen) atoms. The zero-order valence-electron chi connectivity index (χ0n) is 11.1. The number of nitrogens with zero attached hydrogens (tertiary/aromatic N) is 2. The molecule has 6 nitrogen and oxygen atoms in total. The molecule has 2 aromatic heterocycles. The molecule has 0 atom stereocenters. The summed E-state index contributed by atoms with van der Waals surface area (Å²) in [4.78, 5) is 10.5. The van der Waals surface area contributed by atoms with Crippen LogP contribution in [0.25, 0.3) is 10.2 Å². The van der Waals surface area contributed by atoms with E-state index in [0.717, 1.165) is 28.1 Å². The van der Waals surface area contributed by atoms with E-state index < -0.39 is 0 Å². The van der Waals surface area contributed by atoms with Gasteiger partial charge in [-0.2, -0.15) is 4.98 Å². The first-order chi connectivity index (χ1) is 9.24. The van der Waals surface area contributed by atoms with Crippen LogP contribution in [0.1, 0.15) is 18.2 Å². The van der Waals surface area contributed by atoms with Crippen LogP contribution >= 0.6 is 11.3 Å². The summed E-state index contributed by atoms with van der Waals surface area (Å²) in [6.07, 6.45) is 1.00.